The molecule has 0 amide bonds. The summed E-state index contributed by atoms with van der Waals surface area (Å²) < 4.78 is 97.2. The summed E-state index contributed by atoms with van der Waals surface area (Å²) in [7, 11) is 10.4. The molecule has 488 valence electrons. The summed E-state index contributed by atoms with van der Waals surface area (Å²) in [5, 5.41) is 39.7. The fourth-order valence-electron chi connectivity index (χ4n) is 11.3. The first-order valence-corrected chi connectivity index (χ1v) is 31.6. The van der Waals surface area contributed by atoms with Crippen LogP contribution in [0.15, 0.2) is 48.5 Å². The second-order valence-corrected chi connectivity index (χ2v) is 26.1. The van der Waals surface area contributed by atoms with Gasteiger partial charge >= 0.3 is 23.9 Å². The van der Waals surface area contributed by atoms with Crippen molar-refractivity contribution >= 4 is 133 Å². The number of ketones is 4. The zero-order valence-corrected chi connectivity index (χ0v) is 53.6. The fourth-order valence-corrected chi connectivity index (χ4v) is 15.7. The van der Waals surface area contributed by atoms with Crippen LogP contribution in [-0.2, 0) is 38.1 Å². The Labute approximate surface area is 537 Å². The lowest BCUT2D eigenvalue weighted by molar-refractivity contribution is -0.151. The Hall–Kier alpha value is -8.60. The van der Waals surface area contributed by atoms with Gasteiger partial charge in [-0.15, -0.1) is 45.3 Å². The summed E-state index contributed by atoms with van der Waals surface area (Å²) >= 11 is 4.44. The smallest absolute Gasteiger partial charge is 0.309 e. The number of carbonyl (C=O) groups excluding carboxylic acids is 8. The van der Waals surface area contributed by atoms with Gasteiger partial charge in [-0.2, -0.15) is 0 Å². The second kappa shape index (κ2) is 28.1. The molecule has 12 rings (SSSR count). The fraction of sp³-hybridized carbons (Fsp3) is 0.375. The number of carbonyl (C=O) groups is 8. The van der Waals surface area contributed by atoms with E-state index in [4.69, 9.17) is 37.9 Å². The van der Waals surface area contributed by atoms with Crippen LogP contribution in [0.25, 0.3) is 40.3 Å². The Balaban J connectivity index is 0.000000145. The van der Waals surface area contributed by atoms with Crippen LogP contribution in [0.1, 0.15) is 90.1 Å². The molecule has 8 atom stereocenters. The van der Waals surface area contributed by atoms with Gasteiger partial charge in [-0.3, -0.25) is 38.4 Å². The number of esters is 4. The minimum absolute atomic E-state index is 0.0203. The third kappa shape index (κ3) is 12.7. The number of phenols is 4. The standard InChI is InChI=1S/4C16H15FO5S/c2*1-21-10-6-11-9(13(17)15(10)19)5-12(23-11)14(18)7-3-4-8(7)16(20)22-2;2*1-21-15-10(18)6-11-9(13(15)17)5-12(23-11)14(19)7-3-4-8(7)16(20)22-2/h2*5-8,19H,3-4H2,1-2H3;2*5-8,18H,3-4H2,1-2H3/t4*7-,8-/m1111/s1. The van der Waals surface area contributed by atoms with Gasteiger partial charge in [0.25, 0.3) is 0 Å². The van der Waals surface area contributed by atoms with Crippen molar-refractivity contribution in [1.82, 2.24) is 0 Å². The van der Waals surface area contributed by atoms with Gasteiger partial charge in [0.2, 0.25) is 0 Å². The number of ether oxygens (including phenoxy) is 8. The maximum atomic E-state index is 14.3. The molecule has 0 aliphatic heterocycles. The number of hydrogen-bond acceptors (Lipinski definition) is 24. The van der Waals surface area contributed by atoms with Gasteiger partial charge in [-0.05, 0) is 75.6 Å². The van der Waals surface area contributed by atoms with Gasteiger partial charge in [-0.1, -0.05) is 0 Å². The molecule has 28 heteroatoms. The first-order chi connectivity index (χ1) is 43.9. The Bertz CT molecular complexity index is 3910. The summed E-state index contributed by atoms with van der Waals surface area (Å²) in [6.07, 6.45) is 4.95. The molecule has 4 aromatic heterocycles. The monoisotopic (exact) mass is 1350 g/mol. The first-order valence-electron chi connectivity index (χ1n) is 28.3. The molecule has 92 heavy (non-hydrogen) atoms. The zero-order chi connectivity index (χ0) is 66.9. The van der Waals surface area contributed by atoms with Crippen LogP contribution in [0.3, 0.4) is 0 Å². The van der Waals surface area contributed by atoms with E-state index in [1.54, 1.807) is 0 Å². The molecular weight excluding hydrogens is 1290 g/mol. The summed E-state index contributed by atoms with van der Waals surface area (Å²) in [6, 6.07) is 11.5. The van der Waals surface area contributed by atoms with Crippen molar-refractivity contribution in [3.05, 3.63) is 91.3 Å². The van der Waals surface area contributed by atoms with Crippen LogP contribution in [-0.4, -0.2) is 124 Å². The van der Waals surface area contributed by atoms with Crippen molar-refractivity contribution in [1.29, 1.82) is 0 Å². The van der Waals surface area contributed by atoms with Crippen LogP contribution in [0, 0.1) is 70.6 Å². The van der Waals surface area contributed by atoms with Crippen LogP contribution >= 0.6 is 45.3 Å². The summed E-state index contributed by atoms with van der Waals surface area (Å²) in [4.78, 5) is 98.2. The minimum Gasteiger partial charge on any atom is -0.504 e. The zero-order valence-electron chi connectivity index (χ0n) is 50.4. The van der Waals surface area contributed by atoms with E-state index in [1.807, 2.05) is 0 Å². The predicted octanol–water partition coefficient (Wildman–Crippen LogP) is 12.5. The Morgan fingerprint density at radius 1 is 0.337 bits per heavy atom. The average molecular weight is 1350 g/mol. The average Bonchev–Trinajstić information content (AvgIpc) is 1.62. The van der Waals surface area contributed by atoms with Gasteiger partial charge in [0, 0.05) is 88.3 Å². The lowest BCUT2D eigenvalue weighted by atomic mass is 9.71. The number of halogens is 4. The van der Waals surface area contributed by atoms with Crippen molar-refractivity contribution < 1.29 is 114 Å². The van der Waals surface area contributed by atoms with Crippen LogP contribution in [0.5, 0.6) is 46.0 Å². The Kier molecular flexibility index (Phi) is 20.7. The molecule has 4 aromatic carbocycles. The summed E-state index contributed by atoms with van der Waals surface area (Å²) in [5.74, 6) is -10.9. The number of methoxy groups -OCH3 is 8. The Morgan fingerprint density at radius 2 is 0.565 bits per heavy atom. The summed E-state index contributed by atoms with van der Waals surface area (Å²) in [6.45, 7) is 0. The molecule has 4 aliphatic rings. The topological polar surface area (TPSA) is 291 Å². The molecule has 4 N–H and O–H groups in total. The molecule has 4 saturated carbocycles. The van der Waals surface area contributed by atoms with E-state index in [0.29, 0.717) is 89.7 Å². The first kappa shape index (κ1) is 67.8. The highest BCUT2D eigenvalue weighted by Crippen LogP contribution is 2.48. The number of thiophene rings is 4. The van der Waals surface area contributed by atoms with Crippen molar-refractivity contribution in [3.63, 3.8) is 0 Å². The third-order valence-electron chi connectivity index (χ3n) is 17.1. The number of rotatable bonds is 16. The molecule has 4 heterocycles. The highest BCUT2D eigenvalue weighted by Gasteiger charge is 2.46. The van der Waals surface area contributed by atoms with Crippen molar-refractivity contribution in [2.45, 2.75) is 51.4 Å². The molecule has 0 bridgehead atoms. The molecule has 8 aromatic rings. The molecular formula is C64H60F4O20S4. The van der Waals surface area contributed by atoms with Crippen LogP contribution < -0.4 is 18.9 Å². The number of fused-ring (bicyclic) bond motifs is 4. The van der Waals surface area contributed by atoms with Crippen molar-refractivity contribution in [3.8, 4) is 46.0 Å². The molecule has 0 radical (unpaired) electrons. The highest BCUT2D eigenvalue weighted by molar-refractivity contribution is 7.22. The quantitative estimate of drug-likeness (QED) is 0.0302. The molecule has 20 nitrogen and oxygen atoms in total. The van der Waals surface area contributed by atoms with E-state index in [-0.39, 0.29) is 103 Å². The van der Waals surface area contributed by atoms with E-state index < -0.39 is 82.1 Å². The summed E-state index contributed by atoms with van der Waals surface area (Å²) in [5.41, 5.74) is 0. The van der Waals surface area contributed by atoms with Gasteiger partial charge < -0.3 is 58.3 Å². The molecule has 4 fully saturated rings. The minimum atomic E-state index is -0.812. The van der Waals surface area contributed by atoms with E-state index in [9.17, 15) is 76.3 Å². The number of phenolic OH excluding ortho intramolecular Hbond substituents is 4. The van der Waals surface area contributed by atoms with Crippen LogP contribution in [0.2, 0.25) is 0 Å². The number of Topliss-reactive ketones (excluding diaryl/α,β-unsaturated/α-hetero) is 4. The molecule has 0 unspecified atom stereocenters. The van der Waals surface area contributed by atoms with E-state index >= 15 is 0 Å². The van der Waals surface area contributed by atoms with Crippen molar-refractivity contribution in [2.75, 3.05) is 56.9 Å². The predicted molar refractivity (Wildman–Crippen MR) is 330 cm³/mol. The largest absolute Gasteiger partial charge is 0.504 e. The lowest BCUT2D eigenvalue weighted by Crippen LogP contribution is -2.38. The van der Waals surface area contributed by atoms with Gasteiger partial charge in [-0.25, -0.2) is 17.6 Å². The molecule has 4 aliphatic carbocycles. The number of aromatic hydroxyl groups is 4. The normalized spacial score (nSPS) is 20.1. The Morgan fingerprint density at radius 3 is 0.772 bits per heavy atom. The van der Waals surface area contributed by atoms with E-state index in [2.05, 4.69) is 0 Å². The number of hydrogen-bond donors (Lipinski definition) is 4. The van der Waals surface area contributed by atoms with Gasteiger partial charge in [0.05, 0.1) is 100 Å². The SMILES string of the molecule is COC(=O)[C@@H]1CC[C@H]1C(=O)c1cc2c(F)c(O)c(OC)cc2s1.COC(=O)[C@@H]1CC[C@H]1C(=O)c1cc2c(F)c(O)c(OC)cc2s1.COC(=O)[C@@H]1CC[C@H]1C(=O)c1cc2c(F)c(OC)c(O)cc2s1.COC(=O)[C@@H]1CC[C@H]1C(=O)c1cc2c(F)c(OC)c(O)cc2s1. The van der Waals surface area contributed by atoms with Crippen molar-refractivity contribution in [2.24, 2.45) is 47.3 Å². The molecule has 0 saturated heterocycles. The maximum Gasteiger partial charge on any atom is 0.309 e. The van der Waals surface area contributed by atoms with E-state index in [1.165, 1.54) is 105 Å². The molecule has 0 spiro atoms. The van der Waals surface area contributed by atoms with E-state index in [0.717, 1.165) is 45.3 Å². The lowest BCUT2D eigenvalue weighted by Gasteiger charge is -2.32. The van der Waals surface area contributed by atoms with Gasteiger partial charge in [0.1, 0.15) is 0 Å². The second-order valence-electron chi connectivity index (χ2n) is 21.8. The third-order valence-corrected chi connectivity index (χ3v) is 21.5. The van der Waals surface area contributed by atoms with Gasteiger partial charge in [0.15, 0.2) is 92.4 Å². The number of benzene rings is 4. The maximum absolute atomic E-state index is 14.3. The van der Waals surface area contributed by atoms with Crippen LogP contribution in [0.4, 0.5) is 17.6 Å². The highest BCUT2D eigenvalue weighted by atomic mass is 32.1.